The summed E-state index contributed by atoms with van der Waals surface area (Å²) in [6.07, 6.45) is 4.68. The largest absolute Gasteiger partial charge is 0.412 e. The summed E-state index contributed by atoms with van der Waals surface area (Å²) in [6, 6.07) is 0. The molecule has 0 aromatic carbocycles. The van der Waals surface area contributed by atoms with Crippen LogP contribution in [0.15, 0.2) is 0 Å². The monoisotopic (exact) mass is 320 g/mol. The Labute approximate surface area is 124 Å². The average Bonchev–Trinajstić information content (AvgIpc) is 2.35. The first kappa shape index (κ1) is 15.2. The van der Waals surface area contributed by atoms with E-state index in [2.05, 4.69) is 0 Å². The molecule has 4 saturated carbocycles. The molecule has 0 radical (unpaired) electrons. The molecule has 21 heavy (non-hydrogen) atoms. The minimum atomic E-state index is -5.09. The highest BCUT2D eigenvalue weighted by atomic mass is 32.2. The van der Waals surface area contributed by atoms with Gasteiger partial charge in [-0.05, 0) is 56.3 Å². The van der Waals surface area contributed by atoms with Gasteiger partial charge in [0.05, 0.1) is 5.41 Å². The number of ether oxygens (including phenoxy) is 1. The predicted molar refractivity (Wildman–Crippen MR) is 72.4 cm³/mol. The van der Waals surface area contributed by atoms with Crippen molar-refractivity contribution in [3.63, 3.8) is 0 Å². The molecule has 0 aromatic heterocycles. The van der Waals surface area contributed by atoms with E-state index in [4.69, 9.17) is 9.29 Å². The van der Waals surface area contributed by atoms with E-state index < -0.39 is 33.1 Å². The normalized spacial score (nSPS) is 40.8. The van der Waals surface area contributed by atoms with E-state index in [0.29, 0.717) is 37.0 Å². The highest BCUT2D eigenvalue weighted by molar-refractivity contribution is 7.86. The van der Waals surface area contributed by atoms with Gasteiger partial charge in [0.2, 0.25) is 0 Å². The van der Waals surface area contributed by atoms with Gasteiger partial charge in [-0.2, -0.15) is 12.8 Å². The van der Waals surface area contributed by atoms with Crippen molar-refractivity contribution in [3.8, 4) is 0 Å². The van der Waals surface area contributed by atoms with Crippen LogP contribution in [-0.2, 0) is 19.6 Å². The lowest BCUT2D eigenvalue weighted by atomic mass is 9.49. The van der Waals surface area contributed by atoms with Gasteiger partial charge >= 0.3 is 21.3 Å². The van der Waals surface area contributed by atoms with Crippen LogP contribution in [0.5, 0.6) is 0 Å². The lowest BCUT2D eigenvalue weighted by Gasteiger charge is -2.55. The maximum Gasteiger partial charge on any atom is 0.376 e. The van der Waals surface area contributed by atoms with Crippen LogP contribution < -0.4 is 0 Å². The van der Waals surface area contributed by atoms with Gasteiger partial charge in [0.1, 0.15) is 0 Å². The molecule has 0 saturated heterocycles. The minimum Gasteiger partial charge on any atom is -0.412 e. The molecule has 1 unspecified atom stereocenters. The van der Waals surface area contributed by atoms with Crippen molar-refractivity contribution >= 4 is 16.1 Å². The van der Waals surface area contributed by atoms with Gasteiger partial charge in [-0.25, -0.2) is 0 Å². The Balaban J connectivity index is 1.83. The molecule has 1 N–H and O–H groups in total. The van der Waals surface area contributed by atoms with Gasteiger partial charge in [0.15, 0.2) is 0 Å². The van der Waals surface area contributed by atoms with Crippen LogP contribution in [0.1, 0.15) is 51.9 Å². The zero-order valence-electron chi connectivity index (χ0n) is 12.0. The molecule has 4 bridgehead atoms. The summed E-state index contributed by atoms with van der Waals surface area (Å²) in [7, 11) is -5.09. The number of alkyl halides is 1. The second kappa shape index (κ2) is 4.65. The molecule has 4 fully saturated rings. The fraction of sp³-hybridized carbons (Fsp3) is 0.929. The quantitative estimate of drug-likeness (QED) is 0.636. The van der Waals surface area contributed by atoms with Crippen LogP contribution in [0, 0.1) is 23.2 Å². The van der Waals surface area contributed by atoms with Gasteiger partial charge in [-0.3, -0.25) is 9.35 Å². The second-order valence-corrected chi connectivity index (χ2v) is 8.64. The first-order chi connectivity index (χ1) is 9.67. The first-order valence-electron chi connectivity index (χ1n) is 7.57. The number of esters is 1. The van der Waals surface area contributed by atoms with Crippen molar-refractivity contribution < 1.29 is 26.9 Å². The summed E-state index contributed by atoms with van der Waals surface area (Å²) in [4.78, 5) is 12.5. The van der Waals surface area contributed by atoms with E-state index in [1.807, 2.05) is 0 Å². The van der Waals surface area contributed by atoms with Crippen molar-refractivity contribution in [1.82, 2.24) is 0 Å². The van der Waals surface area contributed by atoms with Crippen molar-refractivity contribution in [2.24, 2.45) is 23.2 Å². The number of rotatable bonds is 4. The Hall–Kier alpha value is -0.690. The zero-order chi connectivity index (χ0) is 15.5. The lowest BCUT2D eigenvalue weighted by molar-refractivity contribution is -0.192. The maximum atomic E-state index is 14.3. The smallest absolute Gasteiger partial charge is 0.376 e. The van der Waals surface area contributed by atoms with Crippen LogP contribution >= 0.6 is 0 Å². The van der Waals surface area contributed by atoms with E-state index in [1.54, 1.807) is 0 Å². The van der Waals surface area contributed by atoms with Crippen LogP contribution in [-0.4, -0.2) is 24.1 Å². The number of carbonyl (C=O) groups excluding carboxylic acids is 1. The third kappa shape index (κ3) is 2.38. The van der Waals surface area contributed by atoms with Gasteiger partial charge < -0.3 is 4.74 Å². The third-order valence-electron chi connectivity index (χ3n) is 5.52. The molecule has 0 aromatic rings. The van der Waals surface area contributed by atoms with Crippen LogP contribution in [0.3, 0.4) is 0 Å². The van der Waals surface area contributed by atoms with Gasteiger partial charge in [0, 0.05) is 6.42 Å². The summed E-state index contributed by atoms with van der Waals surface area (Å²) in [5.74, 6) is 0.601. The Kier molecular flexibility index (Phi) is 3.37. The number of hydrogen-bond acceptors (Lipinski definition) is 4. The SMILES string of the molecule is CCC(F)(OC(=O)C12CC3CC(CC(C3)C1)C2)S(=O)(=O)O. The summed E-state index contributed by atoms with van der Waals surface area (Å²) < 4.78 is 50.3. The fourth-order valence-corrected chi connectivity index (χ4v) is 5.46. The van der Waals surface area contributed by atoms with Crippen LogP contribution in [0.25, 0.3) is 0 Å². The van der Waals surface area contributed by atoms with Crippen LogP contribution in [0.4, 0.5) is 4.39 Å². The van der Waals surface area contributed by atoms with Crippen molar-refractivity contribution in [3.05, 3.63) is 0 Å². The molecule has 0 heterocycles. The fourth-order valence-electron chi connectivity index (χ4n) is 4.91. The maximum absolute atomic E-state index is 14.3. The molecule has 0 amide bonds. The molecular formula is C14H21FO5S. The number of halogens is 1. The summed E-state index contributed by atoms with van der Waals surface area (Å²) in [5.41, 5.74) is -0.744. The number of carbonyl (C=O) groups is 1. The highest BCUT2D eigenvalue weighted by Gasteiger charge is 2.58. The average molecular weight is 320 g/mol. The van der Waals surface area contributed by atoms with E-state index in [-0.39, 0.29) is 0 Å². The summed E-state index contributed by atoms with van der Waals surface area (Å²) in [5, 5.41) is -3.33. The van der Waals surface area contributed by atoms with E-state index in [1.165, 1.54) is 6.92 Å². The van der Waals surface area contributed by atoms with Crippen LogP contribution in [0.2, 0.25) is 0 Å². The molecule has 120 valence electrons. The molecule has 0 spiro atoms. The number of hydrogen-bond donors (Lipinski definition) is 1. The van der Waals surface area contributed by atoms with Crippen molar-refractivity contribution in [2.45, 2.75) is 57.1 Å². The van der Waals surface area contributed by atoms with Crippen molar-refractivity contribution in [1.29, 1.82) is 0 Å². The Morgan fingerprint density at radius 3 is 2.00 bits per heavy atom. The molecule has 5 nitrogen and oxygen atoms in total. The molecule has 4 aliphatic carbocycles. The first-order valence-corrected chi connectivity index (χ1v) is 9.01. The van der Waals surface area contributed by atoms with Gasteiger partial charge in [-0.1, -0.05) is 6.92 Å². The minimum absolute atomic E-state index is 0.463. The lowest BCUT2D eigenvalue weighted by Crippen LogP contribution is -2.53. The molecule has 4 aliphatic rings. The predicted octanol–water partition coefficient (Wildman–Crippen LogP) is 2.67. The van der Waals surface area contributed by atoms with E-state index >= 15 is 0 Å². The Morgan fingerprint density at radius 2 is 1.67 bits per heavy atom. The molecule has 1 atom stereocenters. The molecular weight excluding hydrogens is 299 g/mol. The van der Waals surface area contributed by atoms with Gasteiger partial charge in [-0.15, -0.1) is 0 Å². The second-order valence-electron chi connectivity index (χ2n) is 7.08. The third-order valence-corrected chi connectivity index (χ3v) is 6.67. The summed E-state index contributed by atoms with van der Waals surface area (Å²) >= 11 is 0. The molecule has 7 heteroatoms. The van der Waals surface area contributed by atoms with Gasteiger partial charge in [0.25, 0.3) is 0 Å². The molecule has 0 aliphatic heterocycles. The Bertz CT molecular complexity index is 522. The van der Waals surface area contributed by atoms with Crippen molar-refractivity contribution in [2.75, 3.05) is 0 Å². The molecule has 4 rings (SSSR count). The van der Waals surface area contributed by atoms with E-state index in [0.717, 1.165) is 19.3 Å². The summed E-state index contributed by atoms with van der Waals surface area (Å²) in [6.45, 7) is 1.22. The van der Waals surface area contributed by atoms with E-state index in [9.17, 15) is 17.6 Å². The standard InChI is InChI=1S/C14H21FO5S/c1-2-14(15,21(17,18)19)20-12(16)13-6-9-3-10(7-13)5-11(4-9)8-13/h9-11H,2-8H2,1H3,(H,17,18,19). The highest BCUT2D eigenvalue weighted by Crippen LogP contribution is 2.60. The Morgan fingerprint density at radius 1 is 1.24 bits per heavy atom. The zero-order valence-corrected chi connectivity index (χ0v) is 12.9. The topological polar surface area (TPSA) is 80.7 Å².